The molecule has 3 nitrogen and oxygen atoms in total. The van der Waals surface area contributed by atoms with E-state index < -0.39 is 0 Å². The fourth-order valence-electron chi connectivity index (χ4n) is 2.51. The zero-order chi connectivity index (χ0) is 13.1. The van der Waals surface area contributed by atoms with Crippen LogP contribution < -0.4 is 10.5 Å². The van der Waals surface area contributed by atoms with Gasteiger partial charge in [-0.3, -0.25) is 0 Å². The van der Waals surface area contributed by atoms with Gasteiger partial charge in [0.2, 0.25) is 0 Å². The first kappa shape index (κ1) is 13.0. The molecule has 2 rings (SSSR count). The molecule has 0 aliphatic rings. The van der Waals surface area contributed by atoms with Crippen molar-refractivity contribution >= 4 is 10.9 Å². The van der Waals surface area contributed by atoms with Crippen molar-refractivity contribution < 1.29 is 4.74 Å². The highest BCUT2D eigenvalue weighted by molar-refractivity contribution is 5.86. The molecule has 0 atom stereocenters. The monoisotopic (exact) mass is 246 g/mol. The number of nitrogens with two attached hydrogens (primary N) is 1. The van der Waals surface area contributed by atoms with E-state index in [-0.39, 0.29) is 0 Å². The molecule has 1 aromatic carbocycles. The van der Waals surface area contributed by atoms with Crippen LogP contribution in [0.1, 0.15) is 31.5 Å². The second-order valence-electron chi connectivity index (χ2n) is 4.54. The summed E-state index contributed by atoms with van der Waals surface area (Å²) in [6.07, 6.45) is 1.02. The van der Waals surface area contributed by atoms with Gasteiger partial charge < -0.3 is 15.0 Å². The van der Waals surface area contributed by atoms with Crippen molar-refractivity contribution in [3.63, 3.8) is 0 Å². The number of hydrogen-bond donors (Lipinski definition) is 1. The third kappa shape index (κ3) is 2.10. The first-order valence-corrected chi connectivity index (χ1v) is 6.67. The van der Waals surface area contributed by atoms with Crippen LogP contribution in [0.4, 0.5) is 0 Å². The number of aromatic nitrogens is 1. The van der Waals surface area contributed by atoms with Crippen molar-refractivity contribution in [1.82, 2.24) is 4.57 Å². The van der Waals surface area contributed by atoms with E-state index in [0.29, 0.717) is 6.54 Å². The van der Waals surface area contributed by atoms with Gasteiger partial charge in [-0.25, -0.2) is 0 Å². The third-order valence-corrected chi connectivity index (χ3v) is 3.42. The number of ether oxygens (including phenoxy) is 1. The Morgan fingerprint density at radius 3 is 2.67 bits per heavy atom. The highest BCUT2D eigenvalue weighted by Gasteiger charge is 2.12. The zero-order valence-corrected chi connectivity index (χ0v) is 11.5. The maximum absolute atomic E-state index is 5.88. The predicted octanol–water partition coefficient (Wildman–Crippen LogP) is 3.22. The first-order valence-electron chi connectivity index (χ1n) is 6.67. The minimum absolute atomic E-state index is 0.576. The molecule has 1 heterocycles. The normalized spacial score (nSPS) is 11.1. The van der Waals surface area contributed by atoms with E-state index >= 15 is 0 Å². The summed E-state index contributed by atoms with van der Waals surface area (Å²) in [6.45, 7) is 8.72. The van der Waals surface area contributed by atoms with Crippen LogP contribution in [0.15, 0.2) is 18.2 Å². The minimum Gasteiger partial charge on any atom is -0.494 e. The van der Waals surface area contributed by atoms with E-state index in [2.05, 4.69) is 37.5 Å². The summed E-state index contributed by atoms with van der Waals surface area (Å²) in [7, 11) is 0. The van der Waals surface area contributed by atoms with Crippen LogP contribution in [0.25, 0.3) is 10.9 Å². The van der Waals surface area contributed by atoms with Crippen molar-refractivity contribution in [2.24, 2.45) is 5.73 Å². The van der Waals surface area contributed by atoms with Crippen LogP contribution in [0.3, 0.4) is 0 Å². The molecule has 0 fully saturated rings. The number of benzene rings is 1. The van der Waals surface area contributed by atoms with Gasteiger partial charge in [0.05, 0.1) is 6.61 Å². The standard InChI is InChI=1S/C15H22N2O/c1-4-8-18-12-6-7-15-13(9-12)14(10-16)11(3)17(15)5-2/h6-7,9H,4-5,8,10,16H2,1-3H3. The van der Waals surface area contributed by atoms with Crippen molar-refractivity contribution in [1.29, 1.82) is 0 Å². The minimum atomic E-state index is 0.576. The summed E-state index contributed by atoms with van der Waals surface area (Å²) in [6, 6.07) is 6.30. The van der Waals surface area contributed by atoms with Gasteiger partial charge in [-0.2, -0.15) is 0 Å². The van der Waals surface area contributed by atoms with E-state index in [1.807, 2.05) is 6.07 Å². The summed E-state index contributed by atoms with van der Waals surface area (Å²) in [5, 5.41) is 1.23. The summed E-state index contributed by atoms with van der Waals surface area (Å²) >= 11 is 0. The summed E-state index contributed by atoms with van der Waals surface area (Å²) < 4.78 is 8.00. The lowest BCUT2D eigenvalue weighted by atomic mass is 10.1. The molecule has 0 saturated carbocycles. The Balaban J connectivity index is 2.54. The molecule has 0 aliphatic heterocycles. The maximum atomic E-state index is 5.88. The third-order valence-electron chi connectivity index (χ3n) is 3.42. The Bertz CT molecular complexity index is 543. The highest BCUT2D eigenvalue weighted by Crippen LogP contribution is 2.29. The lowest BCUT2D eigenvalue weighted by Crippen LogP contribution is -2.00. The Labute approximate surface area is 109 Å². The van der Waals surface area contributed by atoms with Gasteiger partial charge in [-0.05, 0) is 44.0 Å². The Kier molecular flexibility index (Phi) is 3.92. The fraction of sp³-hybridized carbons (Fsp3) is 0.467. The Hall–Kier alpha value is -1.48. The lowest BCUT2D eigenvalue weighted by molar-refractivity contribution is 0.318. The van der Waals surface area contributed by atoms with Gasteiger partial charge in [0, 0.05) is 29.7 Å². The molecule has 2 N–H and O–H groups in total. The van der Waals surface area contributed by atoms with E-state index in [9.17, 15) is 0 Å². The zero-order valence-electron chi connectivity index (χ0n) is 11.5. The Morgan fingerprint density at radius 1 is 1.28 bits per heavy atom. The first-order chi connectivity index (χ1) is 8.72. The molecule has 18 heavy (non-hydrogen) atoms. The van der Waals surface area contributed by atoms with Crippen LogP contribution in [-0.2, 0) is 13.1 Å². The molecule has 3 heteroatoms. The molecular weight excluding hydrogens is 224 g/mol. The number of aryl methyl sites for hydroxylation is 1. The molecule has 0 aliphatic carbocycles. The lowest BCUT2D eigenvalue weighted by Gasteiger charge is -2.06. The van der Waals surface area contributed by atoms with Crippen molar-refractivity contribution in [3.05, 3.63) is 29.5 Å². The average molecular weight is 246 g/mol. The van der Waals surface area contributed by atoms with Gasteiger partial charge in [0.15, 0.2) is 0 Å². The molecule has 0 amide bonds. The number of hydrogen-bond acceptors (Lipinski definition) is 2. The summed E-state index contributed by atoms with van der Waals surface area (Å²) in [5.74, 6) is 0.937. The van der Waals surface area contributed by atoms with Gasteiger partial charge in [-0.15, -0.1) is 0 Å². The van der Waals surface area contributed by atoms with Crippen LogP contribution in [0.5, 0.6) is 5.75 Å². The van der Waals surface area contributed by atoms with Crippen molar-refractivity contribution in [2.75, 3.05) is 6.61 Å². The van der Waals surface area contributed by atoms with Crippen molar-refractivity contribution in [2.45, 2.75) is 40.3 Å². The molecule has 0 unspecified atom stereocenters. The number of rotatable bonds is 5. The van der Waals surface area contributed by atoms with E-state index in [1.54, 1.807) is 0 Å². The van der Waals surface area contributed by atoms with Gasteiger partial charge >= 0.3 is 0 Å². The predicted molar refractivity (Wildman–Crippen MR) is 76.0 cm³/mol. The molecule has 0 radical (unpaired) electrons. The fourth-order valence-corrected chi connectivity index (χ4v) is 2.51. The number of fused-ring (bicyclic) bond motifs is 1. The molecule has 98 valence electrons. The number of nitrogens with zero attached hydrogens (tertiary/aromatic N) is 1. The summed E-state index contributed by atoms with van der Waals surface area (Å²) in [5.41, 5.74) is 9.63. The van der Waals surface area contributed by atoms with E-state index in [0.717, 1.165) is 25.3 Å². The second-order valence-corrected chi connectivity index (χ2v) is 4.54. The quantitative estimate of drug-likeness (QED) is 0.880. The van der Waals surface area contributed by atoms with Gasteiger partial charge in [0.1, 0.15) is 5.75 Å². The Morgan fingerprint density at radius 2 is 2.06 bits per heavy atom. The molecular formula is C15H22N2O. The van der Waals surface area contributed by atoms with Crippen LogP contribution >= 0.6 is 0 Å². The van der Waals surface area contributed by atoms with Crippen molar-refractivity contribution in [3.8, 4) is 5.75 Å². The largest absolute Gasteiger partial charge is 0.494 e. The van der Waals surface area contributed by atoms with Crippen LogP contribution in [-0.4, -0.2) is 11.2 Å². The average Bonchev–Trinajstić information content (AvgIpc) is 2.66. The van der Waals surface area contributed by atoms with Crippen LogP contribution in [0.2, 0.25) is 0 Å². The molecule has 0 bridgehead atoms. The molecule has 0 spiro atoms. The topological polar surface area (TPSA) is 40.2 Å². The van der Waals surface area contributed by atoms with Gasteiger partial charge in [-0.1, -0.05) is 6.92 Å². The highest BCUT2D eigenvalue weighted by atomic mass is 16.5. The molecule has 0 saturated heterocycles. The molecule has 2 aromatic rings. The van der Waals surface area contributed by atoms with E-state index in [1.165, 1.54) is 22.2 Å². The van der Waals surface area contributed by atoms with Crippen LogP contribution in [0, 0.1) is 6.92 Å². The van der Waals surface area contributed by atoms with E-state index in [4.69, 9.17) is 10.5 Å². The smallest absolute Gasteiger partial charge is 0.120 e. The maximum Gasteiger partial charge on any atom is 0.120 e. The molecule has 1 aromatic heterocycles. The second kappa shape index (κ2) is 5.44. The van der Waals surface area contributed by atoms with Gasteiger partial charge in [0.25, 0.3) is 0 Å². The summed E-state index contributed by atoms with van der Waals surface area (Å²) in [4.78, 5) is 0. The SMILES string of the molecule is CCCOc1ccc2c(c1)c(CN)c(C)n2CC.